The molecule has 0 aliphatic heterocycles. The van der Waals surface area contributed by atoms with Gasteiger partial charge in [0.1, 0.15) is 11.5 Å². The maximum absolute atomic E-state index is 12.2. The van der Waals surface area contributed by atoms with Crippen LogP contribution >= 0.6 is 0 Å². The molecule has 0 aromatic heterocycles. The number of amides is 1. The van der Waals surface area contributed by atoms with Gasteiger partial charge in [0.15, 0.2) is 0 Å². The summed E-state index contributed by atoms with van der Waals surface area (Å²) in [6.45, 7) is 1.96. The van der Waals surface area contributed by atoms with Crippen LogP contribution in [0.3, 0.4) is 0 Å². The Balaban J connectivity index is 1.63. The third-order valence-electron chi connectivity index (χ3n) is 3.71. The normalized spacial score (nSPS) is 10.2. The van der Waals surface area contributed by atoms with Gasteiger partial charge in [0.05, 0.1) is 4.92 Å². The molecule has 0 radical (unpaired) electrons. The van der Waals surface area contributed by atoms with E-state index in [0.717, 1.165) is 5.56 Å². The first-order chi connectivity index (χ1) is 12.5. The van der Waals surface area contributed by atoms with Gasteiger partial charge in [-0.15, -0.1) is 0 Å². The molecule has 0 heterocycles. The summed E-state index contributed by atoms with van der Waals surface area (Å²) in [5, 5.41) is 13.5. The highest BCUT2D eigenvalue weighted by molar-refractivity contribution is 6.04. The van der Waals surface area contributed by atoms with Crippen molar-refractivity contribution in [2.45, 2.75) is 6.92 Å². The van der Waals surface area contributed by atoms with Crippen molar-refractivity contribution in [1.82, 2.24) is 0 Å². The van der Waals surface area contributed by atoms with E-state index >= 15 is 0 Å². The molecule has 3 rings (SSSR count). The van der Waals surface area contributed by atoms with Crippen LogP contribution in [0.2, 0.25) is 0 Å². The third kappa shape index (κ3) is 4.24. The van der Waals surface area contributed by atoms with Gasteiger partial charge in [-0.1, -0.05) is 17.7 Å². The van der Waals surface area contributed by atoms with Crippen LogP contribution in [-0.4, -0.2) is 10.8 Å². The first-order valence-corrected chi connectivity index (χ1v) is 7.92. The molecular formula is C20H16N2O4. The second-order valence-corrected chi connectivity index (χ2v) is 5.70. The molecule has 1 N–H and O–H groups in total. The minimum Gasteiger partial charge on any atom is -0.457 e. The Labute approximate surface area is 150 Å². The number of ether oxygens (including phenoxy) is 1. The lowest BCUT2D eigenvalue weighted by molar-refractivity contribution is -0.384. The summed E-state index contributed by atoms with van der Waals surface area (Å²) in [5.74, 6) is 0.869. The number of nitrogens with one attached hydrogen (secondary N) is 1. The number of nitro groups is 1. The maximum Gasteiger partial charge on any atom is 0.269 e. The van der Waals surface area contributed by atoms with Crippen molar-refractivity contribution in [3.63, 3.8) is 0 Å². The summed E-state index contributed by atoms with van der Waals surface area (Å²) in [7, 11) is 0. The van der Waals surface area contributed by atoms with Gasteiger partial charge in [-0.05, 0) is 55.5 Å². The summed E-state index contributed by atoms with van der Waals surface area (Å²) < 4.78 is 5.64. The molecule has 26 heavy (non-hydrogen) atoms. The van der Waals surface area contributed by atoms with Crippen LogP contribution in [0.25, 0.3) is 0 Å². The number of carbonyl (C=O) groups excluding carboxylic acids is 1. The molecule has 0 spiro atoms. The lowest BCUT2D eigenvalue weighted by atomic mass is 10.1. The molecule has 0 aliphatic rings. The molecule has 0 aliphatic carbocycles. The summed E-state index contributed by atoms with van der Waals surface area (Å²) in [6, 6.07) is 20.0. The summed E-state index contributed by atoms with van der Waals surface area (Å²) in [4.78, 5) is 22.4. The van der Waals surface area contributed by atoms with Crippen LogP contribution in [0.1, 0.15) is 15.9 Å². The van der Waals surface area contributed by atoms with Gasteiger partial charge in [0, 0.05) is 23.4 Å². The van der Waals surface area contributed by atoms with Crippen molar-refractivity contribution in [3.05, 3.63) is 94.0 Å². The number of aryl methyl sites for hydroxylation is 1. The van der Waals surface area contributed by atoms with Crippen LogP contribution in [0.5, 0.6) is 11.5 Å². The van der Waals surface area contributed by atoms with E-state index in [2.05, 4.69) is 5.32 Å². The number of anilines is 1. The summed E-state index contributed by atoms with van der Waals surface area (Å²) >= 11 is 0. The molecule has 3 aromatic rings. The number of nitro benzene ring substituents is 1. The second kappa shape index (κ2) is 7.48. The highest BCUT2D eigenvalue weighted by atomic mass is 16.6. The molecule has 0 unspecified atom stereocenters. The van der Waals surface area contributed by atoms with Crippen molar-refractivity contribution < 1.29 is 14.5 Å². The van der Waals surface area contributed by atoms with E-state index in [1.165, 1.54) is 24.3 Å². The molecule has 1 amide bonds. The predicted molar refractivity (Wildman–Crippen MR) is 98.7 cm³/mol. The maximum atomic E-state index is 12.2. The number of carbonyl (C=O) groups is 1. The van der Waals surface area contributed by atoms with Gasteiger partial charge >= 0.3 is 0 Å². The van der Waals surface area contributed by atoms with Crippen LogP contribution < -0.4 is 10.1 Å². The lowest BCUT2D eigenvalue weighted by Gasteiger charge is -2.08. The van der Waals surface area contributed by atoms with E-state index in [-0.39, 0.29) is 11.6 Å². The largest absolute Gasteiger partial charge is 0.457 e. The Morgan fingerprint density at radius 2 is 1.42 bits per heavy atom. The van der Waals surface area contributed by atoms with Crippen LogP contribution in [0, 0.1) is 17.0 Å². The third-order valence-corrected chi connectivity index (χ3v) is 3.71. The molecule has 6 heteroatoms. The number of hydrogen-bond donors (Lipinski definition) is 1. The molecule has 0 atom stereocenters. The molecule has 0 saturated carbocycles. The monoisotopic (exact) mass is 348 g/mol. The molecule has 3 aromatic carbocycles. The number of benzene rings is 3. The zero-order valence-corrected chi connectivity index (χ0v) is 14.0. The molecule has 130 valence electrons. The zero-order chi connectivity index (χ0) is 18.5. The fourth-order valence-electron chi connectivity index (χ4n) is 2.29. The minimum absolute atomic E-state index is 0.00603. The molecule has 6 nitrogen and oxygen atoms in total. The topological polar surface area (TPSA) is 81.5 Å². The Bertz CT molecular complexity index is 918. The molecule has 0 fully saturated rings. The first kappa shape index (κ1) is 17.2. The predicted octanol–water partition coefficient (Wildman–Crippen LogP) is 4.95. The van der Waals surface area contributed by atoms with Gasteiger partial charge in [0.25, 0.3) is 11.6 Å². The standard InChI is InChI=1S/C20H16N2O4/c1-14-2-4-15(5-3-14)20(23)21-16-6-10-18(11-7-16)26-19-12-8-17(9-13-19)22(24)25/h2-13H,1H3,(H,21,23). The van der Waals surface area contributed by atoms with Crippen molar-refractivity contribution in [3.8, 4) is 11.5 Å². The van der Waals surface area contributed by atoms with E-state index in [1.807, 2.05) is 19.1 Å². The van der Waals surface area contributed by atoms with Gasteiger partial charge in [-0.2, -0.15) is 0 Å². The number of non-ortho nitro benzene ring substituents is 1. The first-order valence-electron chi connectivity index (χ1n) is 7.92. The Morgan fingerprint density at radius 1 is 0.885 bits per heavy atom. The minimum atomic E-state index is -0.463. The number of hydrogen-bond acceptors (Lipinski definition) is 4. The number of rotatable bonds is 5. The molecule has 0 bridgehead atoms. The second-order valence-electron chi connectivity index (χ2n) is 5.70. The van der Waals surface area contributed by atoms with E-state index < -0.39 is 4.92 Å². The average molecular weight is 348 g/mol. The smallest absolute Gasteiger partial charge is 0.269 e. The van der Waals surface area contributed by atoms with Crippen LogP contribution in [0.4, 0.5) is 11.4 Å². The highest BCUT2D eigenvalue weighted by Gasteiger charge is 2.07. The van der Waals surface area contributed by atoms with Crippen molar-refractivity contribution in [1.29, 1.82) is 0 Å². The van der Waals surface area contributed by atoms with E-state index in [4.69, 9.17) is 4.74 Å². The Hall–Kier alpha value is -3.67. The fraction of sp³-hybridized carbons (Fsp3) is 0.0500. The zero-order valence-electron chi connectivity index (χ0n) is 14.0. The van der Waals surface area contributed by atoms with Gasteiger partial charge in [-0.3, -0.25) is 14.9 Å². The quantitative estimate of drug-likeness (QED) is 0.522. The summed E-state index contributed by atoms with van der Waals surface area (Å²) in [6.07, 6.45) is 0. The van der Waals surface area contributed by atoms with Gasteiger partial charge < -0.3 is 10.1 Å². The van der Waals surface area contributed by atoms with E-state index in [0.29, 0.717) is 22.7 Å². The fourth-order valence-corrected chi connectivity index (χ4v) is 2.29. The Morgan fingerprint density at radius 3 is 1.96 bits per heavy atom. The lowest BCUT2D eigenvalue weighted by Crippen LogP contribution is -2.11. The van der Waals surface area contributed by atoms with E-state index in [1.54, 1.807) is 36.4 Å². The number of nitrogens with zero attached hydrogens (tertiary/aromatic N) is 1. The average Bonchev–Trinajstić information content (AvgIpc) is 2.64. The van der Waals surface area contributed by atoms with Gasteiger partial charge in [-0.25, -0.2) is 0 Å². The van der Waals surface area contributed by atoms with Crippen LogP contribution in [-0.2, 0) is 0 Å². The summed E-state index contributed by atoms with van der Waals surface area (Å²) in [5.41, 5.74) is 2.33. The van der Waals surface area contributed by atoms with Crippen molar-refractivity contribution in [2.75, 3.05) is 5.32 Å². The SMILES string of the molecule is Cc1ccc(C(=O)Nc2ccc(Oc3ccc([N+](=O)[O-])cc3)cc2)cc1. The van der Waals surface area contributed by atoms with E-state index in [9.17, 15) is 14.9 Å². The van der Waals surface area contributed by atoms with Crippen molar-refractivity contribution in [2.24, 2.45) is 0 Å². The van der Waals surface area contributed by atoms with Gasteiger partial charge in [0.2, 0.25) is 0 Å². The molecular weight excluding hydrogens is 332 g/mol. The highest BCUT2D eigenvalue weighted by Crippen LogP contribution is 2.25. The Kier molecular flexibility index (Phi) is 4.94. The van der Waals surface area contributed by atoms with Crippen molar-refractivity contribution >= 4 is 17.3 Å². The van der Waals surface area contributed by atoms with Crippen LogP contribution in [0.15, 0.2) is 72.8 Å². The molecule has 0 saturated heterocycles.